The van der Waals surface area contributed by atoms with Crippen molar-refractivity contribution >= 4 is 15.9 Å². The summed E-state index contributed by atoms with van der Waals surface area (Å²) in [5.74, 6) is 0.675. The molecule has 0 fully saturated rings. The topological polar surface area (TPSA) is 29.3 Å². The summed E-state index contributed by atoms with van der Waals surface area (Å²) in [6, 6.07) is 8.37. The molecule has 3 heteroatoms. The fourth-order valence-corrected chi connectivity index (χ4v) is 2.21. The average molecular weight is 285 g/mol. The molecule has 0 aromatic heterocycles. The quantitative estimate of drug-likeness (QED) is 0.871. The van der Waals surface area contributed by atoms with Gasteiger partial charge in [0.1, 0.15) is 0 Å². The Labute approximate surface area is 107 Å². The first-order valence-electron chi connectivity index (χ1n) is 5.79. The molecule has 0 spiro atoms. The van der Waals surface area contributed by atoms with E-state index in [0.717, 1.165) is 26.2 Å². The Balaban J connectivity index is 2.64. The second-order valence-corrected chi connectivity index (χ2v) is 5.36. The molecule has 0 aliphatic rings. The van der Waals surface area contributed by atoms with Crippen molar-refractivity contribution < 1.29 is 0 Å². The number of rotatable bonds is 6. The van der Waals surface area contributed by atoms with Crippen molar-refractivity contribution in [3.05, 3.63) is 34.3 Å². The molecular formula is C13H21BrN2. The third-order valence-electron chi connectivity index (χ3n) is 2.42. The van der Waals surface area contributed by atoms with Gasteiger partial charge in [-0.05, 0) is 17.5 Å². The van der Waals surface area contributed by atoms with Crippen LogP contribution in [0.1, 0.15) is 19.4 Å². The highest BCUT2D eigenvalue weighted by Gasteiger charge is 2.08. The Kier molecular flexibility index (Phi) is 6.03. The second kappa shape index (κ2) is 7.05. The first kappa shape index (κ1) is 13.7. The lowest BCUT2D eigenvalue weighted by molar-refractivity contribution is 0.242. The molecule has 0 radical (unpaired) electrons. The van der Waals surface area contributed by atoms with Gasteiger partial charge >= 0.3 is 0 Å². The first-order valence-corrected chi connectivity index (χ1v) is 6.58. The van der Waals surface area contributed by atoms with Crippen LogP contribution in [0.25, 0.3) is 0 Å². The minimum Gasteiger partial charge on any atom is -0.329 e. The molecule has 0 atom stereocenters. The van der Waals surface area contributed by atoms with Crippen LogP contribution in [-0.2, 0) is 6.54 Å². The molecule has 0 saturated heterocycles. The van der Waals surface area contributed by atoms with Crippen LogP contribution in [0.5, 0.6) is 0 Å². The van der Waals surface area contributed by atoms with Gasteiger partial charge in [0.15, 0.2) is 0 Å². The van der Waals surface area contributed by atoms with Crippen molar-refractivity contribution in [3.8, 4) is 0 Å². The molecule has 0 aliphatic heterocycles. The van der Waals surface area contributed by atoms with Crippen LogP contribution in [0.4, 0.5) is 0 Å². The number of hydrogen-bond acceptors (Lipinski definition) is 2. The van der Waals surface area contributed by atoms with Crippen LogP contribution in [0.3, 0.4) is 0 Å². The van der Waals surface area contributed by atoms with Gasteiger partial charge in [-0.1, -0.05) is 48.0 Å². The summed E-state index contributed by atoms with van der Waals surface area (Å²) in [5, 5.41) is 0. The third kappa shape index (κ3) is 4.64. The van der Waals surface area contributed by atoms with Crippen LogP contribution < -0.4 is 5.73 Å². The smallest absolute Gasteiger partial charge is 0.0245 e. The van der Waals surface area contributed by atoms with E-state index in [1.165, 1.54) is 10.0 Å². The van der Waals surface area contributed by atoms with Gasteiger partial charge in [0.2, 0.25) is 0 Å². The predicted molar refractivity (Wildman–Crippen MR) is 73.3 cm³/mol. The summed E-state index contributed by atoms with van der Waals surface area (Å²) < 4.78 is 1.18. The Bertz CT molecular complexity index is 313. The highest BCUT2D eigenvalue weighted by atomic mass is 79.9. The molecule has 0 heterocycles. The maximum atomic E-state index is 5.64. The molecule has 0 amide bonds. The van der Waals surface area contributed by atoms with E-state index in [4.69, 9.17) is 5.73 Å². The van der Waals surface area contributed by atoms with Crippen LogP contribution in [0.15, 0.2) is 28.7 Å². The SMILES string of the molecule is CC(C)CN(CCN)Cc1ccccc1Br. The lowest BCUT2D eigenvalue weighted by Crippen LogP contribution is -2.32. The fraction of sp³-hybridized carbons (Fsp3) is 0.538. The summed E-state index contributed by atoms with van der Waals surface area (Å²) in [6.07, 6.45) is 0. The molecule has 0 aliphatic carbocycles. The monoisotopic (exact) mass is 284 g/mol. The number of nitrogens with zero attached hydrogens (tertiary/aromatic N) is 1. The molecule has 1 aromatic carbocycles. The van der Waals surface area contributed by atoms with Gasteiger partial charge in [0, 0.05) is 30.7 Å². The predicted octanol–water partition coefficient (Wildman–Crippen LogP) is 2.87. The molecule has 0 unspecified atom stereocenters. The van der Waals surface area contributed by atoms with E-state index in [1.807, 2.05) is 6.07 Å². The summed E-state index contributed by atoms with van der Waals surface area (Å²) in [5.41, 5.74) is 6.97. The zero-order chi connectivity index (χ0) is 12.0. The normalized spacial score (nSPS) is 11.4. The highest BCUT2D eigenvalue weighted by molar-refractivity contribution is 9.10. The molecule has 1 rings (SSSR count). The van der Waals surface area contributed by atoms with Crippen LogP contribution >= 0.6 is 15.9 Å². The Morgan fingerprint density at radius 3 is 2.56 bits per heavy atom. The van der Waals surface area contributed by atoms with E-state index in [-0.39, 0.29) is 0 Å². The molecule has 90 valence electrons. The molecule has 0 bridgehead atoms. The van der Waals surface area contributed by atoms with Gasteiger partial charge in [0.05, 0.1) is 0 Å². The van der Waals surface area contributed by atoms with Gasteiger partial charge < -0.3 is 5.73 Å². The zero-order valence-electron chi connectivity index (χ0n) is 10.1. The van der Waals surface area contributed by atoms with Gasteiger partial charge in [-0.15, -0.1) is 0 Å². The van der Waals surface area contributed by atoms with Gasteiger partial charge in [-0.3, -0.25) is 4.90 Å². The highest BCUT2D eigenvalue weighted by Crippen LogP contribution is 2.18. The summed E-state index contributed by atoms with van der Waals surface area (Å²) in [6.45, 7) is 8.22. The fourth-order valence-electron chi connectivity index (χ4n) is 1.80. The lowest BCUT2D eigenvalue weighted by Gasteiger charge is -2.24. The van der Waals surface area contributed by atoms with Gasteiger partial charge in [-0.25, -0.2) is 0 Å². The molecule has 0 saturated carbocycles. The third-order valence-corrected chi connectivity index (χ3v) is 3.19. The zero-order valence-corrected chi connectivity index (χ0v) is 11.7. The van der Waals surface area contributed by atoms with Crippen molar-refractivity contribution in [1.29, 1.82) is 0 Å². The summed E-state index contributed by atoms with van der Waals surface area (Å²) in [4.78, 5) is 2.41. The summed E-state index contributed by atoms with van der Waals surface area (Å²) in [7, 11) is 0. The maximum Gasteiger partial charge on any atom is 0.0245 e. The Hall–Kier alpha value is -0.380. The molecule has 2 nitrogen and oxygen atoms in total. The van der Waals surface area contributed by atoms with Crippen molar-refractivity contribution in [2.75, 3.05) is 19.6 Å². The standard InChI is InChI=1S/C13H21BrN2/c1-11(2)9-16(8-7-15)10-12-5-3-4-6-13(12)14/h3-6,11H,7-10,15H2,1-2H3. The Morgan fingerprint density at radius 2 is 2.00 bits per heavy atom. The minimum absolute atomic E-state index is 0.675. The van der Waals surface area contributed by atoms with Gasteiger partial charge in [0.25, 0.3) is 0 Å². The minimum atomic E-state index is 0.675. The average Bonchev–Trinajstić information content (AvgIpc) is 2.21. The van der Waals surface area contributed by atoms with E-state index < -0.39 is 0 Å². The van der Waals surface area contributed by atoms with Crippen molar-refractivity contribution in [2.24, 2.45) is 11.7 Å². The van der Waals surface area contributed by atoms with E-state index in [9.17, 15) is 0 Å². The molecular weight excluding hydrogens is 264 g/mol. The van der Waals surface area contributed by atoms with Crippen molar-refractivity contribution in [1.82, 2.24) is 4.90 Å². The van der Waals surface area contributed by atoms with E-state index in [0.29, 0.717) is 5.92 Å². The van der Waals surface area contributed by atoms with Crippen molar-refractivity contribution in [2.45, 2.75) is 20.4 Å². The van der Waals surface area contributed by atoms with E-state index >= 15 is 0 Å². The van der Waals surface area contributed by atoms with Gasteiger partial charge in [-0.2, -0.15) is 0 Å². The van der Waals surface area contributed by atoms with Crippen LogP contribution in [0.2, 0.25) is 0 Å². The largest absolute Gasteiger partial charge is 0.329 e. The van der Waals surface area contributed by atoms with Crippen LogP contribution in [-0.4, -0.2) is 24.5 Å². The van der Waals surface area contributed by atoms with Crippen LogP contribution in [0, 0.1) is 5.92 Å². The number of hydrogen-bond donors (Lipinski definition) is 1. The number of halogens is 1. The Morgan fingerprint density at radius 1 is 1.31 bits per heavy atom. The molecule has 16 heavy (non-hydrogen) atoms. The van der Waals surface area contributed by atoms with E-state index in [1.54, 1.807) is 0 Å². The molecule has 2 N–H and O–H groups in total. The second-order valence-electron chi connectivity index (χ2n) is 4.51. The lowest BCUT2D eigenvalue weighted by atomic mass is 10.1. The maximum absolute atomic E-state index is 5.64. The first-order chi connectivity index (χ1) is 7.63. The number of nitrogens with two attached hydrogens (primary N) is 1. The molecule has 1 aromatic rings. The number of benzene rings is 1. The van der Waals surface area contributed by atoms with E-state index in [2.05, 4.69) is 52.9 Å². The van der Waals surface area contributed by atoms with Crippen molar-refractivity contribution in [3.63, 3.8) is 0 Å². The summed E-state index contributed by atoms with van der Waals surface area (Å²) >= 11 is 3.58.